The van der Waals surface area contributed by atoms with Crippen LogP contribution in [-0.4, -0.2) is 20.4 Å². The maximum Gasteiger partial charge on any atom is 0.336 e. The average Bonchev–Trinajstić information content (AvgIpc) is 2.71. The third-order valence-electron chi connectivity index (χ3n) is 4.95. The van der Waals surface area contributed by atoms with Crippen LogP contribution < -0.4 is 15.1 Å². The summed E-state index contributed by atoms with van der Waals surface area (Å²) in [5.41, 5.74) is 2.18. The number of fused-ring (bicyclic) bond motifs is 1. The molecule has 0 saturated heterocycles. The van der Waals surface area contributed by atoms with Crippen LogP contribution in [0.1, 0.15) is 37.0 Å². The van der Waals surface area contributed by atoms with E-state index < -0.39 is 27.7 Å². The van der Waals surface area contributed by atoms with Crippen LogP contribution in [0.25, 0.3) is 11.0 Å². The van der Waals surface area contributed by atoms with E-state index >= 15 is 0 Å². The monoisotopic (exact) mass is 443 g/mol. The van der Waals surface area contributed by atoms with Gasteiger partial charge in [0.1, 0.15) is 17.4 Å². The van der Waals surface area contributed by atoms with Crippen LogP contribution in [-0.2, 0) is 21.2 Å². The van der Waals surface area contributed by atoms with Gasteiger partial charge in [0.05, 0.1) is 10.3 Å². The van der Waals surface area contributed by atoms with Crippen LogP contribution in [0.3, 0.4) is 0 Å². The van der Waals surface area contributed by atoms with Gasteiger partial charge in [-0.15, -0.1) is 0 Å². The minimum absolute atomic E-state index is 0.0698. The molecule has 164 valence electrons. The molecule has 0 radical (unpaired) electrons. The topological polar surface area (TPSA) is 103 Å². The molecule has 0 aliphatic rings. The third-order valence-corrected chi connectivity index (χ3v) is 6.43. The predicted molar refractivity (Wildman–Crippen MR) is 118 cm³/mol. The summed E-state index contributed by atoms with van der Waals surface area (Å²) in [5, 5.41) is 0.525. The van der Waals surface area contributed by atoms with Crippen LogP contribution in [0.4, 0.5) is 0 Å². The molecule has 1 unspecified atom stereocenters. The molecule has 0 fully saturated rings. The van der Waals surface area contributed by atoms with Crippen LogP contribution in [0, 0.1) is 13.8 Å². The zero-order valence-corrected chi connectivity index (χ0v) is 18.7. The number of carbonyl (C=O) groups is 1. The van der Waals surface area contributed by atoms with Crippen LogP contribution in [0.5, 0.6) is 5.75 Å². The van der Waals surface area contributed by atoms with Crippen LogP contribution in [0.15, 0.2) is 56.6 Å². The molecule has 0 spiro atoms. The normalized spacial score (nSPS) is 12.6. The predicted octanol–water partition coefficient (Wildman–Crippen LogP) is 3.63. The lowest BCUT2D eigenvalue weighted by Crippen LogP contribution is -2.42. The zero-order valence-electron chi connectivity index (χ0n) is 17.9. The summed E-state index contributed by atoms with van der Waals surface area (Å²) in [6, 6.07) is 10.00. The standard InChI is InChI=1S/C23H25NO6S/c1-5-16-13-21(25)29-19-11-15(4)12-20(22(16)19)30-23(26)18(6-2)24-31(27,28)17-9-7-14(3)8-10-17/h7-13,18,24H,5-6H2,1-4H3. The van der Waals surface area contributed by atoms with Crippen molar-refractivity contribution in [2.24, 2.45) is 0 Å². The van der Waals surface area contributed by atoms with Gasteiger partial charge in [-0.25, -0.2) is 18.0 Å². The van der Waals surface area contributed by atoms with E-state index in [0.717, 1.165) is 11.1 Å². The highest BCUT2D eigenvalue weighted by molar-refractivity contribution is 7.89. The summed E-state index contributed by atoms with van der Waals surface area (Å²) in [6.07, 6.45) is 0.733. The molecule has 3 rings (SSSR count). The Morgan fingerprint density at radius 1 is 1.06 bits per heavy atom. The van der Waals surface area contributed by atoms with Gasteiger partial charge in [0.25, 0.3) is 0 Å². The highest BCUT2D eigenvalue weighted by Crippen LogP contribution is 2.30. The molecule has 1 heterocycles. The van der Waals surface area contributed by atoms with Crippen molar-refractivity contribution in [3.05, 3.63) is 69.6 Å². The van der Waals surface area contributed by atoms with E-state index in [1.807, 2.05) is 13.8 Å². The summed E-state index contributed by atoms with van der Waals surface area (Å²) in [4.78, 5) is 24.8. The molecule has 0 saturated carbocycles. The Bertz CT molecular complexity index is 1280. The van der Waals surface area contributed by atoms with Gasteiger partial charge >= 0.3 is 11.6 Å². The lowest BCUT2D eigenvalue weighted by atomic mass is 10.0. The van der Waals surface area contributed by atoms with E-state index in [-0.39, 0.29) is 17.1 Å². The van der Waals surface area contributed by atoms with Gasteiger partial charge in [0, 0.05) is 6.07 Å². The second-order valence-electron chi connectivity index (χ2n) is 7.40. The number of aryl methyl sites for hydroxylation is 3. The summed E-state index contributed by atoms with van der Waals surface area (Å²) in [6.45, 7) is 7.21. The Kier molecular flexibility index (Phi) is 6.62. The van der Waals surface area contributed by atoms with Crippen molar-refractivity contribution in [3.63, 3.8) is 0 Å². The molecule has 1 aromatic heterocycles. The number of benzene rings is 2. The summed E-state index contributed by atoms with van der Waals surface area (Å²) >= 11 is 0. The number of hydrogen-bond acceptors (Lipinski definition) is 6. The second kappa shape index (κ2) is 9.03. The molecule has 2 aromatic carbocycles. The molecular weight excluding hydrogens is 418 g/mol. The smallest absolute Gasteiger partial charge is 0.336 e. The Hall–Kier alpha value is -2.97. The van der Waals surface area contributed by atoms with E-state index in [2.05, 4.69) is 4.72 Å². The van der Waals surface area contributed by atoms with E-state index in [4.69, 9.17) is 9.15 Å². The van der Waals surface area contributed by atoms with Crippen molar-refractivity contribution in [2.75, 3.05) is 0 Å². The first-order valence-electron chi connectivity index (χ1n) is 10.0. The third kappa shape index (κ3) is 5.03. The number of rotatable bonds is 7. The molecule has 1 N–H and O–H groups in total. The van der Waals surface area contributed by atoms with E-state index in [9.17, 15) is 18.0 Å². The van der Waals surface area contributed by atoms with Gasteiger partial charge in [0.15, 0.2) is 0 Å². The molecule has 3 aromatic rings. The van der Waals surface area contributed by atoms with E-state index in [0.29, 0.717) is 23.0 Å². The molecular formula is C23H25NO6S. The fourth-order valence-corrected chi connectivity index (χ4v) is 4.55. The lowest BCUT2D eigenvalue weighted by molar-refractivity contribution is -0.136. The first-order valence-corrected chi connectivity index (χ1v) is 11.5. The van der Waals surface area contributed by atoms with Gasteiger partial charge in [0.2, 0.25) is 10.0 Å². The van der Waals surface area contributed by atoms with Crippen LogP contribution in [0.2, 0.25) is 0 Å². The first kappa shape index (κ1) is 22.7. The van der Waals surface area contributed by atoms with E-state index in [1.165, 1.54) is 18.2 Å². The Labute approximate surface area is 181 Å². The molecule has 1 atom stereocenters. The van der Waals surface area contributed by atoms with Crippen LogP contribution >= 0.6 is 0 Å². The first-order chi connectivity index (χ1) is 14.6. The van der Waals surface area contributed by atoms with Gasteiger partial charge in [-0.3, -0.25) is 0 Å². The highest BCUT2D eigenvalue weighted by Gasteiger charge is 2.27. The quantitative estimate of drug-likeness (QED) is 0.340. The summed E-state index contributed by atoms with van der Waals surface area (Å²) in [5.74, 6) is -0.507. The number of sulfonamides is 1. The van der Waals surface area contributed by atoms with Crippen molar-refractivity contribution in [1.29, 1.82) is 0 Å². The van der Waals surface area contributed by atoms with Crippen molar-refractivity contribution in [3.8, 4) is 5.75 Å². The maximum atomic E-state index is 12.9. The van der Waals surface area contributed by atoms with Crippen molar-refractivity contribution in [2.45, 2.75) is 51.5 Å². The highest BCUT2D eigenvalue weighted by atomic mass is 32.2. The van der Waals surface area contributed by atoms with Gasteiger partial charge < -0.3 is 9.15 Å². The second-order valence-corrected chi connectivity index (χ2v) is 9.11. The molecule has 8 heteroatoms. The largest absolute Gasteiger partial charge is 0.425 e. The maximum absolute atomic E-state index is 12.9. The number of hydrogen-bond donors (Lipinski definition) is 1. The summed E-state index contributed by atoms with van der Waals surface area (Å²) < 4.78 is 38.7. The molecule has 0 amide bonds. The molecule has 7 nitrogen and oxygen atoms in total. The van der Waals surface area contributed by atoms with Crippen molar-refractivity contribution < 1.29 is 22.4 Å². The van der Waals surface area contributed by atoms with Crippen molar-refractivity contribution >= 4 is 27.0 Å². The van der Waals surface area contributed by atoms with Gasteiger partial charge in [-0.1, -0.05) is 31.5 Å². The minimum Gasteiger partial charge on any atom is -0.425 e. The number of carbonyl (C=O) groups excluding carboxylic acids is 1. The Balaban J connectivity index is 1.93. The number of ether oxygens (including phenoxy) is 1. The molecule has 0 aliphatic heterocycles. The SMILES string of the molecule is CCc1cc(=O)oc2cc(C)cc(OC(=O)C(CC)NS(=O)(=O)c3ccc(C)cc3)c12. The average molecular weight is 444 g/mol. The lowest BCUT2D eigenvalue weighted by Gasteiger charge is -2.17. The number of nitrogens with one attached hydrogen (secondary N) is 1. The van der Waals surface area contributed by atoms with Crippen molar-refractivity contribution in [1.82, 2.24) is 4.72 Å². The fraction of sp³-hybridized carbons (Fsp3) is 0.304. The van der Waals surface area contributed by atoms with Gasteiger partial charge in [-0.05, 0) is 62.1 Å². The fourth-order valence-electron chi connectivity index (χ4n) is 3.28. The Morgan fingerprint density at radius 3 is 2.35 bits per heavy atom. The Morgan fingerprint density at radius 2 is 1.74 bits per heavy atom. The molecule has 0 bridgehead atoms. The zero-order chi connectivity index (χ0) is 22.8. The van der Waals surface area contributed by atoms with Gasteiger partial charge in [-0.2, -0.15) is 4.72 Å². The number of esters is 1. The minimum atomic E-state index is -3.91. The summed E-state index contributed by atoms with van der Waals surface area (Å²) in [7, 11) is -3.91. The van der Waals surface area contributed by atoms with E-state index in [1.54, 1.807) is 38.1 Å². The molecule has 31 heavy (non-hydrogen) atoms. The molecule has 0 aliphatic carbocycles.